The number of carbonyl (C=O) groups is 1. The number of allylic oxidation sites excluding steroid dienone is 1. The van der Waals surface area contributed by atoms with E-state index in [1.165, 1.54) is 25.3 Å². The molecule has 0 bridgehead atoms. The molecule has 1 aliphatic rings. The van der Waals surface area contributed by atoms with Crippen molar-refractivity contribution in [3.63, 3.8) is 0 Å². The predicted octanol–water partition coefficient (Wildman–Crippen LogP) is 2.83. The molecule has 1 fully saturated rings. The Bertz CT molecular complexity index is 200. The van der Waals surface area contributed by atoms with E-state index >= 15 is 0 Å². The van der Waals surface area contributed by atoms with E-state index in [9.17, 15) is 4.79 Å². The van der Waals surface area contributed by atoms with Crippen LogP contribution in [0.25, 0.3) is 0 Å². The van der Waals surface area contributed by atoms with Crippen molar-refractivity contribution in [1.29, 1.82) is 0 Å². The molecule has 2 heteroatoms. The smallest absolute Gasteiger partial charge is 0.330 e. The van der Waals surface area contributed by atoms with Crippen molar-refractivity contribution in [2.24, 2.45) is 0 Å². The van der Waals surface area contributed by atoms with E-state index in [2.05, 4.69) is 0 Å². The second-order valence-electron chi connectivity index (χ2n) is 3.93. The second kappa shape index (κ2) is 4.45. The summed E-state index contributed by atoms with van der Waals surface area (Å²) in [6.07, 6.45) is 8.86. The molecule has 1 aliphatic carbocycles. The fourth-order valence-corrected chi connectivity index (χ4v) is 1.81. The maximum Gasteiger partial charge on any atom is 0.330 e. The lowest BCUT2D eigenvalue weighted by molar-refractivity contribution is -0.154. The zero-order chi connectivity index (χ0) is 9.73. The molecule has 0 spiro atoms. The van der Waals surface area contributed by atoms with Crippen LogP contribution >= 0.6 is 0 Å². The minimum atomic E-state index is -0.202. The van der Waals surface area contributed by atoms with Gasteiger partial charge in [-0.2, -0.15) is 0 Å². The van der Waals surface area contributed by atoms with E-state index < -0.39 is 0 Å². The van der Waals surface area contributed by atoms with Gasteiger partial charge in [0.2, 0.25) is 0 Å². The molecule has 0 aromatic carbocycles. The van der Waals surface area contributed by atoms with Crippen molar-refractivity contribution in [2.45, 2.75) is 51.6 Å². The Morgan fingerprint density at radius 3 is 2.46 bits per heavy atom. The van der Waals surface area contributed by atoms with Gasteiger partial charge < -0.3 is 4.74 Å². The van der Waals surface area contributed by atoms with E-state index in [1.54, 1.807) is 6.08 Å². The molecule has 0 heterocycles. The summed E-state index contributed by atoms with van der Waals surface area (Å²) in [6.45, 7) is 3.86. The van der Waals surface area contributed by atoms with Crippen LogP contribution in [0.2, 0.25) is 0 Å². The largest absolute Gasteiger partial charge is 0.456 e. The lowest BCUT2D eigenvalue weighted by atomic mass is 9.86. The van der Waals surface area contributed by atoms with Gasteiger partial charge in [-0.15, -0.1) is 0 Å². The molecule has 74 valence electrons. The van der Waals surface area contributed by atoms with Crippen LogP contribution in [0, 0.1) is 0 Å². The third kappa shape index (κ3) is 3.21. The van der Waals surface area contributed by atoms with E-state index in [0.717, 1.165) is 12.8 Å². The minimum absolute atomic E-state index is 0.200. The van der Waals surface area contributed by atoms with Crippen LogP contribution < -0.4 is 0 Å². The molecule has 1 saturated carbocycles. The van der Waals surface area contributed by atoms with Gasteiger partial charge in [-0.1, -0.05) is 12.5 Å². The molecule has 0 amide bonds. The molecule has 0 aromatic rings. The van der Waals surface area contributed by atoms with Gasteiger partial charge in [-0.3, -0.25) is 0 Å². The highest BCUT2D eigenvalue weighted by atomic mass is 16.6. The van der Waals surface area contributed by atoms with Crippen LogP contribution in [0.15, 0.2) is 12.2 Å². The van der Waals surface area contributed by atoms with Crippen molar-refractivity contribution in [3.05, 3.63) is 12.2 Å². The second-order valence-corrected chi connectivity index (χ2v) is 3.93. The Hall–Kier alpha value is -0.790. The van der Waals surface area contributed by atoms with Gasteiger partial charge in [-0.25, -0.2) is 4.79 Å². The van der Waals surface area contributed by atoms with Crippen molar-refractivity contribution in [2.75, 3.05) is 0 Å². The zero-order valence-electron chi connectivity index (χ0n) is 8.51. The number of ether oxygens (including phenoxy) is 1. The summed E-state index contributed by atoms with van der Waals surface area (Å²) in [7, 11) is 0. The summed E-state index contributed by atoms with van der Waals surface area (Å²) in [5, 5.41) is 0. The fraction of sp³-hybridized carbons (Fsp3) is 0.727. The van der Waals surface area contributed by atoms with Crippen molar-refractivity contribution >= 4 is 5.97 Å². The highest BCUT2D eigenvalue weighted by Crippen LogP contribution is 2.31. The quantitative estimate of drug-likeness (QED) is 0.485. The zero-order valence-corrected chi connectivity index (χ0v) is 8.51. The maximum atomic E-state index is 11.2. The first-order valence-electron chi connectivity index (χ1n) is 5.02. The van der Waals surface area contributed by atoms with Gasteiger partial charge in [-0.05, 0) is 39.5 Å². The van der Waals surface area contributed by atoms with Crippen LogP contribution in [-0.4, -0.2) is 11.6 Å². The molecule has 0 radical (unpaired) electrons. The van der Waals surface area contributed by atoms with Gasteiger partial charge >= 0.3 is 5.97 Å². The minimum Gasteiger partial charge on any atom is -0.456 e. The molecule has 0 atom stereocenters. The Balaban J connectivity index is 2.45. The number of hydrogen-bond donors (Lipinski definition) is 0. The van der Waals surface area contributed by atoms with E-state index in [1.807, 2.05) is 13.8 Å². The number of carbonyl (C=O) groups excluding carboxylic acids is 1. The molecule has 0 N–H and O–H groups in total. The third-order valence-electron chi connectivity index (χ3n) is 2.56. The summed E-state index contributed by atoms with van der Waals surface area (Å²) in [4.78, 5) is 11.2. The Kier molecular flexibility index (Phi) is 3.52. The van der Waals surface area contributed by atoms with Gasteiger partial charge in [0.05, 0.1) is 0 Å². The molecule has 2 nitrogen and oxygen atoms in total. The van der Waals surface area contributed by atoms with E-state index in [4.69, 9.17) is 4.74 Å². The Morgan fingerprint density at radius 2 is 1.92 bits per heavy atom. The predicted molar refractivity (Wildman–Crippen MR) is 52.4 cm³/mol. The number of esters is 1. The molecule has 0 aromatic heterocycles. The summed E-state index contributed by atoms with van der Waals surface area (Å²) in [5.74, 6) is -0.202. The molecular weight excluding hydrogens is 164 g/mol. The molecule has 1 rings (SSSR count). The van der Waals surface area contributed by atoms with Crippen LogP contribution in [0.5, 0.6) is 0 Å². The van der Waals surface area contributed by atoms with Gasteiger partial charge in [0.25, 0.3) is 0 Å². The first kappa shape index (κ1) is 10.3. The van der Waals surface area contributed by atoms with Crippen LogP contribution in [-0.2, 0) is 9.53 Å². The lowest BCUT2D eigenvalue weighted by Crippen LogP contribution is -2.33. The molecule has 0 aliphatic heterocycles. The summed E-state index contributed by atoms with van der Waals surface area (Å²) in [5.41, 5.74) is -0.200. The van der Waals surface area contributed by atoms with Crippen LogP contribution in [0.3, 0.4) is 0 Å². The molecule has 0 unspecified atom stereocenters. The van der Waals surface area contributed by atoms with Crippen molar-refractivity contribution in [1.82, 2.24) is 0 Å². The summed E-state index contributed by atoms with van der Waals surface area (Å²) < 4.78 is 5.39. The van der Waals surface area contributed by atoms with Gasteiger partial charge in [0, 0.05) is 6.08 Å². The topological polar surface area (TPSA) is 26.3 Å². The SMILES string of the molecule is CC=CC(=O)OC1(C)CCCCC1. The maximum absolute atomic E-state index is 11.2. The van der Waals surface area contributed by atoms with Crippen molar-refractivity contribution in [3.8, 4) is 0 Å². The average molecular weight is 182 g/mol. The monoisotopic (exact) mass is 182 g/mol. The number of hydrogen-bond acceptors (Lipinski definition) is 2. The molecule has 0 saturated heterocycles. The van der Waals surface area contributed by atoms with Crippen LogP contribution in [0.1, 0.15) is 46.0 Å². The molecule has 13 heavy (non-hydrogen) atoms. The first-order valence-corrected chi connectivity index (χ1v) is 5.02. The van der Waals surface area contributed by atoms with Gasteiger partial charge in [0.1, 0.15) is 5.60 Å². The Labute approximate surface area is 80.0 Å². The molecular formula is C11H18O2. The van der Waals surface area contributed by atoms with E-state index in [-0.39, 0.29) is 11.6 Å². The Morgan fingerprint density at radius 1 is 1.31 bits per heavy atom. The first-order chi connectivity index (χ1) is 6.16. The summed E-state index contributed by atoms with van der Waals surface area (Å²) >= 11 is 0. The average Bonchev–Trinajstić information content (AvgIpc) is 2.04. The highest BCUT2D eigenvalue weighted by Gasteiger charge is 2.29. The standard InChI is InChI=1S/C11H18O2/c1-3-7-10(12)13-11(2)8-5-4-6-9-11/h3,7H,4-6,8-9H2,1-2H3. The number of rotatable bonds is 2. The van der Waals surface area contributed by atoms with Gasteiger partial charge in [0.15, 0.2) is 0 Å². The lowest BCUT2D eigenvalue weighted by Gasteiger charge is -2.32. The van der Waals surface area contributed by atoms with E-state index in [0.29, 0.717) is 0 Å². The highest BCUT2D eigenvalue weighted by molar-refractivity contribution is 5.82. The summed E-state index contributed by atoms with van der Waals surface area (Å²) in [6, 6.07) is 0. The van der Waals surface area contributed by atoms with Crippen molar-refractivity contribution < 1.29 is 9.53 Å². The van der Waals surface area contributed by atoms with Crippen LogP contribution in [0.4, 0.5) is 0 Å². The normalized spacial score (nSPS) is 21.7. The third-order valence-corrected chi connectivity index (χ3v) is 2.56. The fourth-order valence-electron chi connectivity index (χ4n) is 1.81.